The molecule has 3 aromatic rings. The topological polar surface area (TPSA) is 30.7 Å². The highest BCUT2D eigenvalue weighted by atomic mass is 35.5. The Kier molecular flexibility index (Phi) is 2.30. The maximum Gasteiger partial charge on any atom is 0.174 e. The van der Waals surface area contributed by atoms with Gasteiger partial charge in [0.05, 0.1) is 16.1 Å². The fourth-order valence-corrected chi connectivity index (χ4v) is 1.86. The van der Waals surface area contributed by atoms with Crippen LogP contribution in [0.1, 0.15) is 0 Å². The van der Waals surface area contributed by atoms with Gasteiger partial charge < -0.3 is 0 Å². The van der Waals surface area contributed by atoms with E-state index in [-0.39, 0.29) is 10.8 Å². The van der Waals surface area contributed by atoms with E-state index in [0.29, 0.717) is 0 Å². The molecule has 3 nitrogen and oxygen atoms in total. The van der Waals surface area contributed by atoms with Crippen LogP contribution >= 0.6 is 11.6 Å². The zero-order valence-electron chi connectivity index (χ0n) is 8.64. The van der Waals surface area contributed by atoms with Gasteiger partial charge in [-0.2, -0.15) is 0 Å². The minimum Gasteiger partial charge on any atom is -0.280 e. The first kappa shape index (κ1) is 10.2. The van der Waals surface area contributed by atoms with Gasteiger partial charge in [-0.3, -0.25) is 4.57 Å². The lowest BCUT2D eigenvalue weighted by Crippen LogP contribution is -1.99. The van der Waals surface area contributed by atoms with E-state index in [0.717, 1.165) is 11.0 Å². The molecular formula is C12H7ClFN3. The predicted octanol–water partition coefficient (Wildman–Crippen LogP) is 3.21. The molecule has 0 aliphatic heterocycles. The number of imidazole rings is 1. The van der Waals surface area contributed by atoms with Crippen LogP contribution in [0.3, 0.4) is 0 Å². The maximum atomic E-state index is 13.7. The Morgan fingerprint density at radius 2 is 2.00 bits per heavy atom. The van der Waals surface area contributed by atoms with Crippen LogP contribution in [-0.2, 0) is 0 Å². The summed E-state index contributed by atoms with van der Waals surface area (Å²) in [7, 11) is 0. The normalized spacial score (nSPS) is 10.9. The Morgan fingerprint density at radius 3 is 2.82 bits per heavy atom. The van der Waals surface area contributed by atoms with Crippen LogP contribution in [0.25, 0.3) is 16.9 Å². The lowest BCUT2D eigenvalue weighted by molar-refractivity contribution is 0.611. The lowest BCUT2D eigenvalue weighted by atomic mass is 10.3. The van der Waals surface area contributed by atoms with Crippen LogP contribution in [0.4, 0.5) is 4.39 Å². The van der Waals surface area contributed by atoms with Crippen LogP contribution in [0.15, 0.2) is 42.9 Å². The van der Waals surface area contributed by atoms with Gasteiger partial charge in [-0.25, -0.2) is 14.4 Å². The molecule has 0 radical (unpaired) electrons. The van der Waals surface area contributed by atoms with Gasteiger partial charge >= 0.3 is 0 Å². The maximum absolute atomic E-state index is 13.7. The second kappa shape index (κ2) is 3.82. The van der Waals surface area contributed by atoms with E-state index in [1.54, 1.807) is 10.9 Å². The summed E-state index contributed by atoms with van der Waals surface area (Å²) in [6, 6.07) is 8.70. The van der Waals surface area contributed by atoms with Gasteiger partial charge in [0.15, 0.2) is 11.6 Å². The summed E-state index contributed by atoms with van der Waals surface area (Å²) in [4.78, 5) is 8.17. The third-order valence-electron chi connectivity index (χ3n) is 2.47. The van der Waals surface area contributed by atoms with E-state index in [2.05, 4.69) is 9.97 Å². The highest BCUT2D eigenvalue weighted by molar-refractivity contribution is 6.30. The third kappa shape index (κ3) is 1.66. The summed E-state index contributed by atoms with van der Waals surface area (Å²) in [6.07, 6.45) is 2.96. The smallest absolute Gasteiger partial charge is 0.174 e. The monoisotopic (exact) mass is 247 g/mol. The van der Waals surface area contributed by atoms with Crippen molar-refractivity contribution in [3.05, 3.63) is 53.7 Å². The number of aromatic nitrogens is 3. The van der Waals surface area contributed by atoms with Crippen molar-refractivity contribution in [1.82, 2.24) is 14.5 Å². The van der Waals surface area contributed by atoms with Crippen LogP contribution in [0.2, 0.25) is 5.02 Å². The number of nitrogens with zero attached hydrogens (tertiary/aromatic N) is 3. The number of hydrogen-bond acceptors (Lipinski definition) is 2. The Morgan fingerprint density at radius 1 is 1.18 bits per heavy atom. The molecule has 1 aromatic carbocycles. The number of para-hydroxylation sites is 2. The molecule has 0 fully saturated rings. The number of benzene rings is 1. The molecule has 0 saturated carbocycles. The van der Waals surface area contributed by atoms with E-state index in [4.69, 9.17) is 11.6 Å². The fourth-order valence-electron chi connectivity index (χ4n) is 1.71. The summed E-state index contributed by atoms with van der Waals surface area (Å²) < 4.78 is 15.3. The van der Waals surface area contributed by atoms with E-state index in [1.165, 1.54) is 12.3 Å². The summed E-state index contributed by atoms with van der Waals surface area (Å²) in [5.74, 6) is -0.274. The second-order valence-electron chi connectivity index (χ2n) is 3.56. The van der Waals surface area contributed by atoms with Crippen molar-refractivity contribution in [2.45, 2.75) is 0 Å². The molecule has 17 heavy (non-hydrogen) atoms. The van der Waals surface area contributed by atoms with Gasteiger partial charge in [-0.15, -0.1) is 0 Å². The van der Waals surface area contributed by atoms with Crippen LogP contribution < -0.4 is 0 Å². The predicted molar refractivity (Wildman–Crippen MR) is 63.8 cm³/mol. The van der Waals surface area contributed by atoms with Crippen LogP contribution in [0.5, 0.6) is 0 Å². The number of rotatable bonds is 1. The number of hydrogen-bond donors (Lipinski definition) is 0. The van der Waals surface area contributed by atoms with Crippen LogP contribution in [-0.4, -0.2) is 14.5 Å². The quantitative estimate of drug-likeness (QED) is 0.661. The highest BCUT2D eigenvalue weighted by Crippen LogP contribution is 2.20. The highest BCUT2D eigenvalue weighted by Gasteiger charge is 2.10. The zero-order chi connectivity index (χ0) is 11.8. The molecule has 0 amide bonds. The molecule has 0 bridgehead atoms. The summed E-state index contributed by atoms with van der Waals surface area (Å²) in [6.45, 7) is 0. The van der Waals surface area contributed by atoms with E-state index in [9.17, 15) is 4.39 Å². The molecule has 0 atom stereocenters. The zero-order valence-corrected chi connectivity index (χ0v) is 9.39. The van der Waals surface area contributed by atoms with E-state index < -0.39 is 5.82 Å². The van der Waals surface area contributed by atoms with Gasteiger partial charge in [-0.05, 0) is 18.2 Å². The molecule has 0 aliphatic carbocycles. The Bertz CT molecular complexity index is 693. The summed E-state index contributed by atoms with van der Waals surface area (Å²) in [5.41, 5.74) is 1.60. The van der Waals surface area contributed by atoms with Crippen molar-refractivity contribution in [3.63, 3.8) is 0 Å². The molecule has 2 heterocycles. The van der Waals surface area contributed by atoms with Gasteiger partial charge in [-0.1, -0.05) is 23.7 Å². The minimum atomic E-state index is -0.472. The molecule has 0 spiro atoms. The molecule has 3 rings (SSSR count). The summed E-state index contributed by atoms with van der Waals surface area (Å²) >= 11 is 5.67. The standard InChI is InChI=1S/C12H7ClFN3/c13-8-5-9(14)12(15-6-8)17-7-16-10-3-1-2-4-11(10)17/h1-7H. The van der Waals surface area contributed by atoms with Crippen molar-refractivity contribution in [2.24, 2.45) is 0 Å². The molecule has 0 saturated heterocycles. The largest absolute Gasteiger partial charge is 0.280 e. The first-order valence-electron chi connectivity index (χ1n) is 4.99. The van der Waals surface area contributed by atoms with Crippen molar-refractivity contribution in [3.8, 4) is 5.82 Å². The van der Waals surface area contributed by atoms with Gasteiger partial charge in [0.25, 0.3) is 0 Å². The first-order chi connectivity index (χ1) is 8.25. The molecular weight excluding hydrogens is 241 g/mol. The Hall–Kier alpha value is -1.94. The molecule has 0 unspecified atom stereocenters. The number of halogens is 2. The molecule has 2 aromatic heterocycles. The Balaban J connectivity index is 2.27. The van der Waals surface area contributed by atoms with Crippen LogP contribution in [0, 0.1) is 5.82 Å². The third-order valence-corrected chi connectivity index (χ3v) is 2.68. The van der Waals surface area contributed by atoms with Crippen molar-refractivity contribution in [2.75, 3.05) is 0 Å². The molecule has 5 heteroatoms. The summed E-state index contributed by atoms with van der Waals surface area (Å²) in [5, 5.41) is 0.274. The van der Waals surface area contributed by atoms with E-state index in [1.807, 2.05) is 24.3 Å². The average Bonchev–Trinajstić information content (AvgIpc) is 2.73. The average molecular weight is 248 g/mol. The van der Waals surface area contributed by atoms with Gasteiger partial charge in [0.2, 0.25) is 0 Å². The Labute approximate surface area is 101 Å². The fraction of sp³-hybridized carbons (Fsp3) is 0. The van der Waals surface area contributed by atoms with Gasteiger partial charge in [0.1, 0.15) is 6.33 Å². The number of pyridine rings is 1. The lowest BCUT2D eigenvalue weighted by Gasteiger charge is -2.04. The molecule has 0 N–H and O–H groups in total. The van der Waals surface area contributed by atoms with Crippen molar-refractivity contribution >= 4 is 22.6 Å². The van der Waals surface area contributed by atoms with Gasteiger partial charge in [0, 0.05) is 6.20 Å². The van der Waals surface area contributed by atoms with Crippen molar-refractivity contribution in [1.29, 1.82) is 0 Å². The molecule has 84 valence electrons. The number of fused-ring (bicyclic) bond motifs is 1. The molecule has 0 aliphatic rings. The van der Waals surface area contributed by atoms with E-state index >= 15 is 0 Å². The second-order valence-corrected chi connectivity index (χ2v) is 4.00. The SMILES string of the molecule is Fc1cc(Cl)cnc1-n1cnc2ccccc21. The van der Waals surface area contributed by atoms with Crippen molar-refractivity contribution < 1.29 is 4.39 Å². The first-order valence-corrected chi connectivity index (χ1v) is 5.37. The minimum absolute atomic E-state index is 0.197.